The number of aromatic nitrogens is 1. The Morgan fingerprint density at radius 2 is 1.95 bits per heavy atom. The van der Waals surface area contributed by atoms with Gasteiger partial charge >= 0.3 is 0 Å². The number of aryl methyl sites for hydroxylation is 1. The lowest BCUT2D eigenvalue weighted by molar-refractivity contribution is 0.340. The van der Waals surface area contributed by atoms with Crippen LogP contribution in [0.1, 0.15) is 18.1 Å². The number of hydrogen-bond acceptors (Lipinski definition) is 3. The molecule has 0 amide bonds. The predicted octanol–water partition coefficient (Wildman–Crippen LogP) is 4.33. The lowest BCUT2D eigenvalue weighted by Gasteiger charge is -2.02. The van der Waals surface area contributed by atoms with Crippen LogP contribution in [0, 0.1) is 6.92 Å². The van der Waals surface area contributed by atoms with E-state index in [1.54, 1.807) is 6.21 Å². The summed E-state index contributed by atoms with van der Waals surface area (Å²) in [5.74, 6) is 0.960. The van der Waals surface area contributed by atoms with E-state index in [0.29, 0.717) is 12.2 Å². The van der Waals surface area contributed by atoms with Gasteiger partial charge in [0.05, 0.1) is 17.9 Å². The van der Waals surface area contributed by atoms with Crippen LogP contribution >= 0.6 is 0 Å². The van der Waals surface area contributed by atoms with E-state index in [1.807, 2.05) is 56.3 Å². The number of ether oxygens (including phenoxy) is 1. The van der Waals surface area contributed by atoms with Gasteiger partial charge in [0.2, 0.25) is 0 Å². The normalized spacial score (nSPS) is 11.4. The minimum atomic E-state index is 0.135. The second-order valence-corrected chi connectivity index (χ2v) is 5.12. The number of aromatic amines is 1. The monoisotopic (exact) mass is 294 g/mol. The molecule has 22 heavy (non-hydrogen) atoms. The third-order valence-corrected chi connectivity index (χ3v) is 3.46. The molecule has 0 aliphatic heterocycles. The molecule has 3 aromatic rings. The second kappa shape index (κ2) is 5.93. The number of rotatable bonds is 4. The van der Waals surface area contributed by atoms with Gasteiger partial charge in [-0.2, -0.15) is 0 Å². The first-order valence-electron chi connectivity index (χ1n) is 7.25. The van der Waals surface area contributed by atoms with Crippen molar-refractivity contribution in [3.8, 4) is 11.6 Å². The predicted molar refractivity (Wildman–Crippen MR) is 89.6 cm³/mol. The molecule has 2 N–H and O–H groups in total. The molecular formula is C18H18N2O2. The molecule has 4 nitrogen and oxygen atoms in total. The van der Waals surface area contributed by atoms with Crippen LogP contribution in [0.4, 0.5) is 5.69 Å². The first-order valence-corrected chi connectivity index (χ1v) is 7.25. The van der Waals surface area contributed by atoms with Gasteiger partial charge in [0.1, 0.15) is 5.75 Å². The van der Waals surface area contributed by atoms with E-state index in [9.17, 15) is 5.11 Å². The molecule has 0 unspecified atom stereocenters. The van der Waals surface area contributed by atoms with Crippen LogP contribution < -0.4 is 4.74 Å². The Balaban J connectivity index is 1.90. The van der Waals surface area contributed by atoms with Gasteiger partial charge < -0.3 is 14.8 Å². The highest BCUT2D eigenvalue weighted by Gasteiger charge is 2.08. The second-order valence-electron chi connectivity index (χ2n) is 5.12. The fourth-order valence-corrected chi connectivity index (χ4v) is 2.38. The highest BCUT2D eigenvalue weighted by molar-refractivity contribution is 6.02. The molecule has 2 aromatic carbocycles. The molecule has 0 bridgehead atoms. The largest absolute Gasteiger partial charge is 0.494 e. The summed E-state index contributed by atoms with van der Waals surface area (Å²) in [7, 11) is 0. The maximum atomic E-state index is 10.1. The van der Waals surface area contributed by atoms with E-state index in [4.69, 9.17) is 4.74 Å². The first kappa shape index (κ1) is 14.2. The van der Waals surface area contributed by atoms with E-state index in [0.717, 1.165) is 27.9 Å². The molecule has 0 fully saturated rings. The minimum Gasteiger partial charge on any atom is -0.494 e. The summed E-state index contributed by atoms with van der Waals surface area (Å²) in [6.45, 7) is 4.61. The molecule has 4 heteroatoms. The average molecular weight is 294 g/mol. The minimum absolute atomic E-state index is 0.135. The van der Waals surface area contributed by atoms with Gasteiger partial charge in [0, 0.05) is 17.1 Å². The molecule has 3 rings (SSSR count). The van der Waals surface area contributed by atoms with Crippen LogP contribution in [0.15, 0.2) is 47.5 Å². The summed E-state index contributed by atoms with van der Waals surface area (Å²) < 4.78 is 5.40. The van der Waals surface area contributed by atoms with Crippen molar-refractivity contribution in [3.05, 3.63) is 53.6 Å². The summed E-state index contributed by atoms with van der Waals surface area (Å²) in [6, 6.07) is 13.5. The Morgan fingerprint density at radius 1 is 1.18 bits per heavy atom. The average Bonchev–Trinajstić information content (AvgIpc) is 2.81. The number of nitrogens with one attached hydrogen (secondary N) is 1. The van der Waals surface area contributed by atoms with Crippen molar-refractivity contribution in [2.24, 2.45) is 4.99 Å². The fraction of sp³-hybridized carbons (Fsp3) is 0.167. The maximum absolute atomic E-state index is 10.1. The molecule has 0 radical (unpaired) electrons. The number of benzene rings is 2. The number of fused-ring (bicyclic) bond motifs is 1. The molecule has 112 valence electrons. The molecule has 1 aromatic heterocycles. The van der Waals surface area contributed by atoms with Crippen molar-refractivity contribution in [1.29, 1.82) is 0 Å². The van der Waals surface area contributed by atoms with Crippen molar-refractivity contribution in [2.45, 2.75) is 13.8 Å². The Hall–Kier alpha value is -2.75. The zero-order valence-corrected chi connectivity index (χ0v) is 12.6. The SMILES string of the molecule is CCOc1ccc(N=Cc2c(O)[nH]c3cc(C)ccc23)cc1. The summed E-state index contributed by atoms with van der Waals surface area (Å²) in [5, 5.41) is 11.0. The van der Waals surface area contributed by atoms with Gasteiger partial charge in [-0.25, -0.2) is 0 Å². The molecule has 0 spiro atoms. The van der Waals surface area contributed by atoms with Gasteiger partial charge in [-0.3, -0.25) is 4.99 Å². The topological polar surface area (TPSA) is 57.6 Å². The molecule has 0 atom stereocenters. The summed E-state index contributed by atoms with van der Waals surface area (Å²) in [5.41, 5.74) is 3.56. The van der Waals surface area contributed by atoms with E-state index < -0.39 is 0 Å². The summed E-state index contributed by atoms with van der Waals surface area (Å²) >= 11 is 0. The van der Waals surface area contributed by atoms with Gasteiger partial charge in [0.15, 0.2) is 5.88 Å². The Morgan fingerprint density at radius 3 is 2.68 bits per heavy atom. The van der Waals surface area contributed by atoms with Crippen LogP contribution in [0.3, 0.4) is 0 Å². The molecule has 0 saturated carbocycles. The maximum Gasteiger partial charge on any atom is 0.198 e. The van der Waals surface area contributed by atoms with Crippen LogP contribution in [-0.4, -0.2) is 22.9 Å². The highest BCUT2D eigenvalue weighted by Crippen LogP contribution is 2.27. The van der Waals surface area contributed by atoms with Crippen molar-refractivity contribution in [2.75, 3.05) is 6.61 Å². The van der Waals surface area contributed by atoms with Gasteiger partial charge in [-0.1, -0.05) is 12.1 Å². The zero-order valence-electron chi connectivity index (χ0n) is 12.6. The van der Waals surface area contributed by atoms with Crippen LogP contribution in [0.2, 0.25) is 0 Å². The van der Waals surface area contributed by atoms with Gasteiger partial charge in [0.25, 0.3) is 0 Å². The van der Waals surface area contributed by atoms with Crippen LogP contribution in [0.25, 0.3) is 10.9 Å². The van der Waals surface area contributed by atoms with Crippen molar-refractivity contribution in [3.63, 3.8) is 0 Å². The zero-order chi connectivity index (χ0) is 15.5. The third kappa shape index (κ3) is 2.81. The van der Waals surface area contributed by atoms with Crippen molar-refractivity contribution >= 4 is 22.8 Å². The smallest absolute Gasteiger partial charge is 0.198 e. The molecule has 1 heterocycles. The number of nitrogens with zero attached hydrogens (tertiary/aromatic N) is 1. The lowest BCUT2D eigenvalue weighted by atomic mass is 10.1. The van der Waals surface area contributed by atoms with E-state index in [2.05, 4.69) is 9.98 Å². The number of H-pyrrole nitrogens is 1. The Kier molecular flexibility index (Phi) is 3.83. The molecule has 0 saturated heterocycles. The molecular weight excluding hydrogens is 276 g/mol. The first-order chi connectivity index (χ1) is 10.7. The highest BCUT2D eigenvalue weighted by atomic mass is 16.5. The van der Waals surface area contributed by atoms with E-state index in [-0.39, 0.29) is 5.88 Å². The van der Waals surface area contributed by atoms with Gasteiger partial charge in [-0.05, 0) is 49.7 Å². The Labute approximate surface area is 129 Å². The van der Waals surface area contributed by atoms with E-state index in [1.165, 1.54) is 0 Å². The molecule has 0 aliphatic rings. The summed E-state index contributed by atoms with van der Waals surface area (Å²) in [4.78, 5) is 7.40. The quantitative estimate of drug-likeness (QED) is 0.704. The number of aliphatic imine (C=N–C) groups is 1. The van der Waals surface area contributed by atoms with Crippen LogP contribution in [-0.2, 0) is 0 Å². The fourth-order valence-electron chi connectivity index (χ4n) is 2.38. The summed E-state index contributed by atoms with van der Waals surface area (Å²) in [6.07, 6.45) is 1.68. The Bertz CT molecular complexity index is 817. The van der Waals surface area contributed by atoms with Gasteiger partial charge in [-0.15, -0.1) is 0 Å². The van der Waals surface area contributed by atoms with E-state index >= 15 is 0 Å². The van der Waals surface area contributed by atoms with Crippen molar-refractivity contribution < 1.29 is 9.84 Å². The standard InChI is InChI=1S/C18H18N2O2/c1-3-22-14-7-5-13(6-8-14)19-11-16-15-9-4-12(2)10-17(15)20-18(16)21/h4-11,20-21H,3H2,1-2H3. The third-order valence-electron chi connectivity index (χ3n) is 3.46. The van der Waals surface area contributed by atoms with Crippen molar-refractivity contribution in [1.82, 2.24) is 4.98 Å². The lowest BCUT2D eigenvalue weighted by Crippen LogP contribution is -1.89. The number of aromatic hydroxyl groups is 1. The number of hydrogen-bond donors (Lipinski definition) is 2. The molecule has 0 aliphatic carbocycles. The van der Waals surface area contributed by atoms with Crippen LogP contribution in [0.5, 0.6) is 11.6 Å².